The summed E-state index contributed by atoms with van der Waals surface area (Å²) in [6, 6.07) is 7.50. The summed E-state index contributed by atoms with van der Waals surface area (Å²) < 4.78 is 65.4. The van der Waals surface area contributed by atoms with Gasteiger partial charge in [0.05, 0.1) is 11.9 Å². The van der Waals surface area contributed by atoms with Crippen molar-refractivity contribution in [3.05, 3.63) is 52.7 Å². The van der Waals surface area contributed by atoms with E-state index in [1.165, 1.54) is 6.07 Å². The normalized spacial score (nSPS) is 12.9. The number of Topliss-reactive ketones (excluding diaryl/α,β-unsaturated/α-hetero) is 1. The van der Waals surface area contributed by atoms with Crippen molar-refractivity contribution in [2.45, 2.75) is 65.5 Å². The van der Waals surface area contributed by atoms with Gasteiger partial charge in [0.1, 0.15) is 17.3 Å². The molecule has 1 N–H and O–H groups in total. The number of aromatic nitrogens is 1. The highest BCUT2D eigenvalue weighted by molar-refractivity contribution is 7.92. The van der Waals surface area contributed by atoms with Gasteiger partial charge < -0.3 is 4.90 Å². The Morgan fingerprint density at radius 1 is 1.11 bits per heavy atom. The topological polar surface area (TPSA) is 79.4 Å². The van der Waals surface area contributed by atoms with Crippen molar-refractivity contribution in [1.29, 1.82) is 0 Å². The first kappa shape index (κ1) is 28.6. The number of sulfonamides is 1. The first-order chi connectivity index (χ1) is 16.3. The smallest absolute Gasteiger partial charge is 0.356 e. The minimum atomic E-state index is -4.54. The van der Waals surface area contributed by atoms with E-state index in [0.29, 0.717) is 29.9 Å². The molecule has 0 amide bonds. The van der Waals surface area contributed by atoms with Crippen LogP contribution in [-0.2, 0) is 27.4 Å². The highest BCUT2D eigenvalue weighted by Gasteiger charge is 2.33. The summed E-state index contributed by atoms with van der Waals surface area (Å²) in [4.78, 5) is 18.8. The number of aryl methyl sites for hydroxylation is 2. The van der Waals surface area contributed by atoms with Crippen LogP contribution in [0, 0.1) is 6.92 Å². The Balaban J connectivity index is 2.24. The van der Waals surface area contributed by atoms with Gasteiger partial charge in [0.15, 0.2) is 0 Å². The lowest BCUT2D eigenvalue weighted by Gasteiger charge is -2.26. The molecule has 0 spiro atoms. The number of rotatable bonds is 12. The highest BCUT2D eigenvalue weighted by Crippen LogP contribution is 2.32. The fraction of sp³-hybridized carbons (Fsp3) is 0.520. The number of hydrogen-bond acceptors (Lipinski definition) is 5. The molecular weight excluding hydrogens is 479 g/mol. The van der Waals surface area contributed by atoms with E-state index in [2.05, 4.69) is 9.71 Å². The Morgan fingerprint density at radius 3 is 2.26 bits per heavy atom. The van der Waals surface area contributed by atoms with E-state index in [0.717, 1.165) is 30.7 Å². The van der Waals surface area contributed by atoms with Crippen LogP contribution in [0.5, 0.6) is 0 Å². The maximum absolute atomic E-state index is 13.3. The average molecular weight is 514 g/mol. The Labute approximate surface area is 206 Å². The summed E-state index contributed by atoms with van der Waals surface area (Å²) in [5.41, 5.74) is 1.56. The molecular formula is C25H34F3N3O3S. The van der Waals surface area contributed by atoms with Crippen molar-refractivity contribution in [3.8, 4) is 0 Å². The fourth-order valence-corrected chi connectivity index (χ4v) is 4.53. The molecule has 0 bridgehead atoms. The van der Waals surface area contributed by atoms with E-state index in [9.17, 15) is 26.4 Å². The van der Waals surface area contributed by atoms with Crippen LogP contribution in [0.25, 0.3) is 0 Å². The molecule has 0 aliphatic heterocycles. The van der Waals surface area contributed by atoms with Crippen LogP contribution in [0.3, 0.4) is 0 Å². The molecule has 0 saturated heterocycles. The SMILES string of the molecule is CCCN(CCC)c1nc(C(F)(F)F)ccc1CCC(=O)C(C)c1ccc(NS(C)(=O)=O)c(C)c1. The van der Waals surface area contributed by atoms with E-state index in [-0.39, 0.29) is 24.4 Å². The van der Waals surface area contributed by atoms with Gasteiger partial charge in [-0.25, -0.2) is 13.4 Å². The number of pyridine rings is 1. The molecule has 2 rings (SSSR count). The number of benzene rings is 1. The molecule has 1 atom stereocenters. The number of nitrogens with one attached hydrogen (secondary N) is 1. The molecule has 35 heavy (non-hydrogen) atoms. The van der Waals surface area contributed by atoms with Crippen LogP contribution in [0.15, 0.2) is 30.3 Å². The van der Waals surface area contributed by atoms with Gasteiger partial charge >= 0.3 is 6.18 Å². The summed E-state index contributed by atoms with van der Waals surface area (Å²) in [5, 5.41) is 0. The number of hydrogen-bond donors (Lipinski definition) is 1. The first-order valence-electron chi connectivity index (χ1n) is 11.7. The van der Waals surface area contributed by atoms with Gasteiger partial charge in [0.25, 0.3) is 0 Å². The molecule has 1 unspecified atom stereocenters. The quantitative estimate of drug-likeness (QED) is 0.393. The van der Waals surface area contributed by atoms with Crippen LogP contribution in [0.4, 0.5) is 24.7 Å². The van der Waals surface area contributed by atoms with Crippen LogP contribution >= 0.6 is 0 Å². The van der Waals surface area contributed by atoms with Crippen LogP contribution in [0.2, 0.25) is 0 Å². The van der Waals surface area contributed by atoms with Gasteiger partial charge in [-0.05, 0) is 55.0 Å². The highest BCUT2D eigenvalue weighted by atomic mass is 32.2. The maximum Gasteiger partial charge on any atom is 0.433 e. The largest absolute Gasteiger partial charge is 0.433 e. The molecule has 0 aliphatic carbocycles. The third kappa shape index (κ3) is 8.23. The minimum Gasteiger partial charge on any atom is -0.356 e. The fourth-order valence-electron chi connectivity index (χ4n) is 3.90. The average Bonchev–Trinajstić information content (AvgIpc) is 2.76. The summed E-state index contributed by atoms with van der Waals surface area (Å²) in [7, 11) is -3.42. The van der Waals surface area contributed by atoms with Crippen LogP contribution < -0.4 is 9.62 Å². The summed E-state index contributed by atoms with van der Waals surface area (Å²) in [6.45, 7) is 8.59. The zero-order chi connectivity index (χ0) is 26.4. The molecule has 2 aromatic rings. The Hall–Kier alpha value is -2.62. The molecule has 1 aromatic carbocycles. The van der Waals surface area contributed by atoms with Gasteiger partial charge in [0, 0.05) is 25.4 Å². The van der Waals surface area contributed by atoms with Crippen molar-refractivity contribution >= 4 is 27.3 Å². The lowest BCUT2D eigenvalue weighted by atomic mass is 9.91. The van der Waals surface area contributed by atoms with E-state index in [1.807, 2.05) is 18.7 Å². The second-order valence-corrected chi connectivity index (χ2v) is 10.5. The molecule has 194 valence electrons. The lowest BCUT2D eigenvalue weighted by molar-refractivity contribution is -0.141. The Bertz CT molecular complexity index is 1130. The van der Waals surface area contributed by atoms with Gasteiger partial charge in [-0.15, -0.1) is 0 Å². The molecule has 1 heterocycles. The van der Waals surface area contributed by atoms with E-state index < -0.39 is 27.8 Å². The van der Waals surface area contributed by atoms with E-state index in [4.69, 9.17) is 0 Å². The van der Waals surface area contributed by atoms with Crippen molar-refractivity contribution < 1.29 is 26.4 Å². The molecule has 10 heteroatoms. The van der Waals surface area contributed by atoms with Crippen molar-refractivity contribution in [2.75, 3.05) is 29.0 Å². The van der Waals surface area contributed by atoms with Crippen molar-refractivity contribution in [3.63, 3.8) is 0 Å². The molecule has 0 aliphatic rings. The number of anilines is 2. The molecule has 1 aromatic heterocycles. The summed E-state index contributed by atoms with van der Waals surface area (Å²) >= 11 is 0. The number of carbonyl (C=O) groups is 1. The monoisotopic (exact) mass is 513 g/mol. The number of alkyl halides is 3. The van der Waals surface area contributed by atoms with Crippen LogP contribution in [0.1, 0.15) is 68.3 Å². The van der Waals surface area contributed by atoms with Gasteiger partial charge in [-0.2, -0.15) is 13.2 Å². The predicted octanol–water partition coefficient (Wildman–Crippen LogP) is 5.71. The number of carbonyl (C=O) groups excluding carboxylic acids is 1. The number of halogens is 3. The van der Waals surface area contributed by atoms with Gasteiger partial charge in [0.2, 0.25) is 10.0 Å². The van der Waals surface area contributed by atoms with E-state index in [1.54, 1.807) is 32.0 Å². The van der Waals surface area contributed by atoms with E-state index >= 15 is 0 Å². The first-order valence-corrected chi connectivity index (χ1v) is 13.6. The molecule has 6 nitrogen and oxygen atoms in total. The molecule has 0 saturated carbocycles. The number of ketones is 1. The van der Waals surface area contributed by atoms with Gasteiger partial charge in [-0.3, -0.25) is 9.52 Å². The molecule has 0 radical (unpaired) electrons. The Morgan fingerprint density at radius 2 is 1.74 bits per heavy atom. The van der Waals surface area contributed by atoms with Crippen molar-refractivity contribution in [2.24, 2.45) is 0 Å². The second-order valence-electron chi connectivity index (χ2n) is 8.80. The third-order valence-electron chi connectivity index (χ3n) is 5.70. The number of nitrogens with zero attached hydrogens (tertiary/aromatic N) is 2. The Kier molecular flexibility index (Phi) is 9.71. The standard InChI is InChI=1S/C25H34F3N3O3S/c1-6-14-31(15-7-2)24-19(10-13-23(29-24)25(26,27)28)9-12-22(32)18(4)20-8-11-21(17(3)16-20)30-35(5,33)34/h8,10-11,13,16,18,30H,6-7,9,12,14-15H2,1-5H3. The van der Waals surface area contributed by atoms with Gasteiger partial charge in [-0.1, -0.05) is 39.0 Å². The van der Waals surface area contributed by atoms with Crippen molar-refractivity contribution in [1.82, 2.24) is 4.98 Å². The zero-order valence-electron chi connectivity index (χ0n) is 20.9. The molecule has 0 fully saturated rings. The predicted molar refractivity (Wildman–Crippen MR) is 133 cm³/mol. The second kappa shape index (κ2) is 11.9. The third-order valence-corrected chi connectivity index (χ3v) is 6.29. The van der Waals surface area contributed by atoms with Crippen LogP contribution in [-0.4, -0.2) is 38.5 Å². The lowest BCUT2D eigenvalue weighted by Crippen LogP contribution is -2.28. The maximum atomic E-state index is 13.3. The zero-order valence-corrected chi connectivity index (χ0v) is 21.7. The summed E-state index contributed by atoms with van der Waals surface area (Å²) in [5.74, 6) is -0.221. The minimum absolute atomic E-state index is 0.0587. The summed E-state index contributed by atoms with van der Waals surface area (Å²) in [6.07, 6.45) is -1.53.